The summed E-state index contributed by atoms with van der Waals surface area (Å²) in [6.07, 6.45) is -2.47. The zero-order valence-corrected chi connectivity index (χ0v) is 10.9. The van der Waals surface area contributed by atoms with Crippen LogP contribution in [0.3, 0.4) is 0 Å². The van der Waals surface area contributed by atoms with E-state index in [1.54, 1.807) is 13.0 Å². The van der Waals surface area contributed by atoms with E-state index in [1.807, 2.05) is 0 Å². The molecule has 1 fully saturated rings. The first-order chi connectivity index (χ1) is 9.35. The van der Waals surface area contributed by atoms with Crippen LogP contribution < -0.4 is 15.4 Å². The van der Waals surface area contributed by atoms with Gasteiger partial charge in [-0.15, -0.1) is 0 Å². The largest absolute Gasteiger partial charge is 0.484 e. The molecular weight excluding hydrogens is 273 g/mol. The molecule has 0 aromatic heterocycles. The molecule has 1 aliphatic rings. The van der Waals surface area contributed by atoms with Crippen LogP contribution in [0.25, 0.3) is 0 Å². The van der Waals surface area contributed by atoms with E-state index >= 15 is 0 Å². The van der Waals surface area contributed by atoms with Crippen LogP contribution in [-0.4, -0.2) is 24.9 Å². The molecule has 110 valence electrons. The molecule has 0 radical (unpaired) electrons. The van der Waals surface area contributed by atoms with Gasteiger partial charge < -0.3 is 15.4 Å². The van der Waals surface area contributed by atoms with Gasteiger partial charge in [-0.2, -0.15) is 13.2 Å². The predicted molar refractivity (Wildman–Crippen MR) is 67.9 cm³/mol. The Hall–Kier alpha value is -1.92. The maximum absolute atomic E-state index is 12.1. The number of anilines is 1. The van der Waals surface area contributed by atoms with E-state index in [1.165, 1.54) is 12.1 Å². The number of alkyl halides is 3. The lowest BCUT2D eigenvalue weighted by Crippen LogP contribution is -2.30. The lowest BCUT2D eigenvalue weighted by molar-refractivity contribution is -0.153. The highest BCUT2D eigenvalue weighted by Gasteiger charge is 2.29. The molecule has 0 heterocycles. The first-order valence-corrected chi connectivity index (χ1v) is 6.22. The van der Waals surface area contributed by atoms with Gasteiger partial charge in [0.1, 0.15) is 5.75 Å². The van der Waals surface area contributed by atoms with Crippen molar-refractivity contribution in [2.45, 2.75) is 32.0 Å². The fourth-order valence-electron chi connectivity index (χ4n) is 1.64. The molecule has 1 aromatic rings. The summed E-state index contributed by atoms with van der Waals surface area (Å²) < 4.78 is 41.1. The highest BCUT2D eigenvalue weighted by molar-refractivity contribution is 5.90. The average Bonchev–Trinajstić information content (AvgIpc) is 3.13. The molecule has 4 nitrogen and oxygen atoms in total. The molecule has 0 bridgehead atoms. The lowest BCUT2D eigenvalue weighted by atomic mass is 10.2. The van der Waals surface area contributed by atoms with Crippen LogP contribution in [0.1, 0.15) is 18.4 Å². The summed E-state index contributed by atoms with van der Waals surface area (Å²) in [5, 5.41) is 5.34. The number of carbonyl (C=O) groups excluding carboxylic acids is 1. The Morgan fingerprint density at radius 3 is 2.70 bits per heavy atom. The van der Waals surface area contributed by atoms with Gasteiger partial charge in [-0.1, -0.05) is 6.07 Å². The SMILES string of the molecule is Cc1c(NC(=O)NC2CC2)cccc1OCC(F)(F)F. The van der Waals surface area contributed by atoms with E-state index < -0.39 is 12.8 Å². The highest BCUT2D eigenvalue weighted by Crippen LogP contribution is 2.27. The van der Waals surface area contributed by atoms with Crippen molar-refractivity contribution in [3.63, 3.8) is 0 Å². The summed E-state index contributed by atoms with van der Waals surface area (Å²) in [5.41, 5.74) is 0.894. The molecule has 0 unspecified atom stereocenters. The third-order valence-electron chi connectivity index (χ3n) is 2.84. The van der Waals surface area contributed by atoms with Crippen molar-refractivity contribution in [1.82, 2.24) is 5.32 Å². The molecule has 2 amide bonds. The van der Waals surface area contributed by atoms with Gasteiger partial charge in [0.25, 0.3) is 0 Å². The maximum Gasteiger partial charge on any atom is 0.422 e. The van der Waals surface area contributed by atoms with Gasteiger partial charge in [0, 0.05) is 17.3 Å². The number of nitrogens with one attached hydrogen (secondary N) is 2. The van der Waals surface area contributed by atoms with Gasteiger partial charge in [-0.25, -0.2) is 4.79 Å². The normalized spacial score (nSPS) is 14.8. The second-order valence-electron chi connectivity index (χ2n) is 4.71. The molecule has 0 atom stereocenters. The van der Waals surface area contributed by atoms with E-state index in [9.17, 15) is 18.0 Å². The summed E-state index contributed by atoms with van der Waals surface area (Å²) >= 11 is 0. The van der Waals surface area contributed by atoms with E-state index in [4.69, 9.17) is 4.74 Å². The number of urea groups is 1. The van der Waals surface area contributed by atoms with Crippen LogP contribution in [-0.2, 0) is 0 Å². The number of halogens is 3. The quantitative estimate of drug-likeness (QED) is 0.893. The van der Waals surface area contributed by atoms with Gasteiger partial charge in [0.15, 0.2) is 6.61 Å². The molecule has 1 aromatic carbocycles. The van der Waals surface area contributed by atoms with E-state index in [0.717, 1.165) is 12.8 Å². The lowest BCUT2D eigenvalue weighted by Gasteiger charge is -2.15. The topological polar surface area (TPSA) is 50.4 Å². The molecule has 0 aliphatic heterocycles. The Morgan fingerprint density at radius 1 is 1.40 bits per heavy atom. The Kier molecular flexibility index (Phi) is 4.06. The Labute approximate surface area is 114 Å². The minimum atomic E-state index is -4.39. The van der Waals surface area contributed by atoms with Crippen molar-refractivity contribution >= 4 is 11.7 Å². The maximum atomic E-state index is 12.1. The standard InChI is InChI=1S/C13H15F3N2O2/c1-8-10(18-12(19)17-9-5-6-9)3-2-4-11(8)20-7-13(14,15)16/h2-4,9H,5-7H2,1H3,(H2,17,18,19). The van der Waals surface area contributed by atoms with Crippen LogP contribution in [0.4, 0.5) is 23.7 Å². The smallest absolute Gasteiger partial charge is 0.422 e. The van der Waals surface area contributed by atoms with Crippen molar-refractivity contribution in [2.24, 2.45) is 0 Å². The van der Waals surface area contributed by atoms with Crippen molar-refractivity contribution < 1.29 is 22.7 Å². The number of rotatable bonds is 4. The molecule has 7 heteroatoms. The molecule has 1 saturated carbocycles. The number of hydrogen-bond acceptors (Lipinski definition) is 2. The molecule has 2 rings (SSSR count). The predicted octanol–water partition coefficient (Wildman–Crippen LogP) is 3.22. The fourth-order valence-corrected chi connectivity index (χ4v) is 1.64. The monoisotopic (exact) mass is 288 g/mol. The van der Waals surface area contributed by atoms with Crippen LogP contribution in [0, 0.1) is 6.92 Å². The van der Waals surface area contributed by atoms with Crippen molar-refractivity contribution in [3.8, 4) is 5.75 Å². The summed E-state index contributed by atoms with van der Waals surface area (Å²) in [4.78, 5) is 11.6. The van der Waals surface area contributed by atoms with E-state index in [0.29, 0.717) is 11.3 Å². The molecule has 20 heavy (non-hydrogen) atoms. The number of amides is 2. The van der Waals surface area contributed by atoms with Gasteiger partial charge in [-0.05, 0) is 31.9 Å². The molecule has 0 spiro atoms. The van der Waals surface area contributed by atoms with Crippen molar-refractivity contribution in [3.05, 3.63) is 23.8 Å². The minimum absolute atomic E-state index is 0.103. The Bertz CT molecular complexity index is 499. The molecule has 1 aliphatic carbocycles. The van der Waals surface area contributed by atoms with Crippen LogP contribution in [0.15, 0.2) is 18.2 Å². The first kappa shape index (κ1) is 14.5. The number of hydrogen-bond donors (Lipinski definition) is 2. The van der Waals surface area contributed by atoms with Crippen molar-refractivity contribution in [1.29, 1.82) is 0 Å². The Balaban J connectivity index is 2.00. The number of ether oxygens (including phenoxy) is 1. The number of benzene rings is 1. The summed E-state index contributed by atoms with van der Waals surface area (Å²) in [6, 6.07) is 4.43. The molecular formula is C13H15F3N2O2. The zero-order chi connectivity index (χ0) is 14.8. The van der Waals surface area contributed by atoms with Gasteiger partial charge in [0.05, 0.1) is 0 Å². The van der Waals surface area contributed by atoms with Gasteiger partial charge in [0.2, 0.25) is 0 Å². The fraction of sp³-hybridized carbons (Fsp3) is 0.462. The minimum Gasteiger partial charge on any atom is -0.484 e. The van der Waals surface area contributed by atoms with Crippen LogP contribution >= 0.6 is 0 Å². The molecule has 2 N–H and O–H groups in total. The highest BCUT2D eigenvalue weighted by atomic mass is 19.4. The summed E-state index contributed by atoms with van der Waals surface area (Å²) in [5.74, 6) is 0.103. The first-order valence-electron chi connectivity index (χ1n) is 6.22. The third kappa shape index (κ3) is 4.32. The molecule has 0 saturated heterocycles. The third-order valence-corrected chi connectivity index (χ3v) is 2.84. The van der Waals surface area contributed by atoms with Crippen LogP contribution in [0.5, 0.6) is 5.75 Å². The zero-order valence-electron chi connectivity index (χ0n) is 10.9. The average molecular weight is 288 g/mol. The van der Waals surface area contributed by atoms with Crippen molar-refractivity contribution in [2.75, 3.05) is 11.9 Å². The second-order valence-corrected chi connectivity index (χ2v) is 4.71. The summed E-state index contributed by atoms with van der Waals surface area (Å²) in [7, 11) is 0. The van der Waals surface area contributed by atoms with Gasteiger partial charge >= 0.3 is 12.2 Å². The summed E-state index contributed by atoms with van der Waals surface area (Å²) in [6.45, 7) is 0.240. The number of carbonyl (C=O) groups is 1. The van der Waals surface area contributed by atoms with Gasteiger partial charge in [-0.3, -0.25) is 0 Å². The van der Waals surface area contributed by atoms with Crippen LogP contribution in [0.2, 0.25) is 0 Å². The second kappa shape index (κ2) is 5.60. The van der Waals surface area contributed by atoms with E-state index in [-0.39, 0.29) is 17.8 Å². The Morgan fingerprint density at radius 2 is 2.10 bits per heavy atom. The van der Waals surface area contributed by atoms with E-state index in [2.05, 4.69) is 10.6 Å².